The fourth-order valence-corrected chi connectivity index (χ4v) is 1.55. The second-order valence-electron chi connectivity index (χ2n) is 4.01. The number of anilines is 1. The molecule has 1 amide bonds. The first kappa shape index (κ1) is 14.5. The molecule has 4 nitrogen and oxygen atoms in total. The van der Waals surface area contributed by atoms with Gasteiger partial charge in [0.2, 0.25) is 5.91 Å². The van der Waals surface area contributed by atoms with Crippen LogP contribution >= 0.6 is 0 Å². The number of ether oxygens (including phenoxy) is 1. The van der Waals surface area contributed by atoms with Gasteiger partial charge in [0.1, 0.15) is 5.75 Å². The molecule has 2 N–H and O–H groups in total. The van der Waals surface area contributed by atoms with Gasteiger partial charge in [-0.1, -0.05) is 25.5 Å². The van der Waals surface area contributed by atoms with Crippen molar-refractivity contribution in [2.45, 2.75) is 26.7 Å². The smallest absolute Gasteiger partial charge is 0.238 e. The van der Waals surface area contributed by atoms with Gasteiger partial charge in [0.25, 0.3) is 0 Å². The number of hydrogen-bond donors (Lipinski definition) is 2. The van der Waals surface area contributed by atoms with Crippen LogP contribution in [0.5, 0.6) is 5.75 Å². The summed E-state index contributed by atoms with van der Waals surface area (Å²) >= 11 is 0. The van der Waals surface area contributed by atoms with Crippen LogP contribution in [0.1, 0.15) is 26.7 Å². The molecule has 0 bridgehead atoms. The van der Waals surface area contributed by atoms with E-state index in [1.165, 1.54) is 0 Å². The topological polar surface area (TPSA) is 50.4 Å². The van der Waals surface area contributed by atoms with E-state index in [0.29, 0.717) is 18.9 Å². The third-order valence-electron chi connectivity index (χ3n) is 2.45. The maximum absolute atomic E-state index is 11.7. The Morgan fingerprint density at radius 3 is 2.78 bits per heavy atom. The van der Waals surface area contributed by atoms with Crippen LogP contribution in [0, 0.1) is 0 Å². The monoisotopic (exact) mass is 250 g/mol. The Morgan fingerprint density at radius 1 is 1.28 bits per heavy atom. The van der Waals surface area contributed by atoms with Crippen LogP contribution < -0.4 is 15.4 Å². The van der Waals surface area contributed by atoms with Gasteiger partial charge >= 0.3 is 0 Å². The zero-order chi connectivity index (χ0) is 13.2. The lowest BCUT2D eigenvalue weighted by Crippen LogP contribution is -2.28. The maximum Gasteiger partial charge on any atom is 0.238 e. The highest BCUT2D eigenvalue weighted by molar-refractivity contribution is 5.93. The van der Waals surface area contributed by atoms with Crippen molar-refractivity contribution in [1.82, 2.24) is 5.32 Å². The molecule has 100 valence electrons. The fourth-order valence-electron chi connectivity index (χ4n) is 1.55. The van der Waals surface area contributed by atoms with Crippen LogP contribution in [0.15, 0.2) is 24.3 Å². The largest absolute Gasteiger partial charge is 0.492 e. The summed E-state index contributed by atoms with van der Waals surface area (Å²) in [6.45, 7) is 5.84. The maximum atomic E-state index is 11.7. The number of benzene rings is 1. The summed E-state index contributed by atoms with van der Waals surface area (Å²) in [4.78, 5) is 11.7. The van der Waals surface area contributed by atoms with Crippen molar-refractivity contribution >= 4 is 11.6 Å². The molecule has 0 unspecified atom stereocenters. The number of nitrogens with one attached hydrogen (secondary N) is 2. The van der Waals surface area contributed by atoms with Gasteiger partial charge in [0, 0.05) is 0 Å². The first-order chi connectivity index (χ1) is 8.77. The van der Waals surface area contributed by atoms with Gasteiger partial charge in [-0.15, -0.1) is 0 Å². The SMILES string of the molecule is CCCCNCC(=O)Nc1ccccc1OCC. The van der Waals surface area contributed by atoms with Gasteiger partial charge < -0.3 is 15.4 Å². The lowest BCUT2D eigenvalue weighted by molar-refractivity contribution is -0.115. The molecule has 0 saturated heterocycles. The normalized spacial score (nSPS) is 10.1. The van der Waals surface area contributed by atoms with Crippen molar-refractivity contribution in [2.24, 2.45) is 0 Å². The van der Waals surface area contributed by atoms with Gasteiger partial charge in [-0.3, -0.25) is 4.79 Å². The van der Waals surface area contributed by atoms with Gasteiger partial charge in [-0.2, -0.15) is 0 Å². The summed E-state index contributed by atoms with van der Waals surface area (Å²) in [5.74, 6) is 0.667. The van der Waals surface area contributed by atoms with E-state index in [9.17, 15) is 4.79 Å². The molecule has 0 aromatic heterocycles. The summed E-state index contributed by atoms with van der Waals surface area (Å²) in [7, 11) is 0. The van der Waals surface area contributed by atoms with E-state index in [2.05, 4.69) is 17.6 Å². The van der Waals surface area contributed by atoms with E-state index in [0.717, 1.165) is 25.1 Å². The average Bonchev–Trinajstić information content (AvgIpc) is 2.37. The molecule has 0 heterocycles. The van der Waals surface area contributed by atoms with Gasteiger partial charge in [-0.25, -0.2) is 0 Å². The molecule has 0 aliphatic heterocycles. The van der Waals surface area contributed by atoms with Crippen molar-refractivity contribution in [1.29, 1.82) is 0 Å². The molecule has 18 heavy (non-hydrogen) atoms. The van der Waals surface area contributed by atoms with Crippen LogP contribution in [0.3, 0.4) is 0 Å². The lowest BCUT2D eigenvalue weighted by Gasteiger charge is -2.11. The van der Waals surface area contributed by atoms with Crippen LogP contribution in [0.4, 0.5) is 5.69 Å². The first-order valence-electron chi connectivity index (χ1n) is 6.50. The minimum Gasteiger partial charge on any atom is -0.492 e. The molecule has 1 aromatic carbocycles. The zero-order valence-electron chi connectivity index (χ0n) is 11.2. The van der Waals surface area contributed by atoms with Crippen LogP contribution in [0.25, 0.3) is 0 Å². The van der Waals surface area contributed by atoms with Gasteiger partial charge in [0.05, 0.1) is 18.8 Å². The quantitative estimate of drug-likeness (QED) is 0.697. The number of hydrogen-bond acceptors (Lipinski definition) is 3. The number of para-hydroxylation sites is 2. The molecule has 0 fully saturated rings. The Balaban J connectivity index is 2.43. The molecule has 4 heteroatoms. The Morgan fingerprint density at radius 2 is 2.06 bits per heavy atom. The fraction of sp³-hybridized carbons (Fsp3) is 0.500. The minimum atomic E-state index is -0.0433. The molecule has 0 spiro atoms. The standard InChI is InChI=1S/C14H22N2O2/c1-3-5-10-15-11-14(17)16-12-8-6-7-9-13(12)18-4-2/h6-9,15H,3-5,10-11H2,1-2H3,(H,16,17). The Bertz CT molecular complexity index is 367. The molecule has 0 radical (unpaired) electrons. The Hall–Kier alpha value is -1.55. The van der Waals surface area contributed by atoms with Crippen molar-refractivity contribution in [3.63, 3.8) is 0 Å². The summed E-state index contributed by atoms with van der Waals surface area (Å²) in [6.07, 6.45) is 2.21. The molecule has 0 aliphatic rings. The summed E-state index contributed by atoms with van der Waals surface area (Å²) in [6, 6.07) is 7.46. The number of rotatable bonds is 8. The molecule has 0 atom stereocenters. The van der Waals surface area contributed by atoms with Crippen molar-refractivity contribution in [3.05, 3.63) is 24.3 Å². The number of carbonyl (C=O) groups excluding carboxylic acids is 1. The number of unbranched alkanes of at least 4 members (excludes halogenated alkanes) is 1. The Labute approximate surface area is 109 Å². The molecular weight excluding hydrogens is 228 g/mol. The highest BCUT2D eigenvalue weighted by atomic mass is 16.5. The third-order valence-corrected chi connectivity index (χ3v) is 2.45. The third kappa shape index (κ3) is 5.19. The molecule has 0 saturated carbocycles. The van der Waals surface area contributed by atoms with E-state index in [1.807, 2.05) is 31.2 Å². The van der Waals surface area contributed by atoms with Gasteiger partial charge in [0.15, 0.2) is 0 Å². The summed E-state index contributed by atoms with van der Waals surface area (Å²) in [5, 5.41) is 5.95. The van der Waals surface area contributed by atoms with Crippen LogP contribution in [-0.4, -0.2) is 25.6 Å². The second-order valence-corrected chi connectivity index (χ2v) is 4.01. The highest BCUT2D eigenvalue weighted by Gasteiger charge is 2.06. The van der Waals surface area contributed by atoms with E-state index in [4.69, 9.17) is 4.74 Å². The average molecular weight is 250 g/mol. The van der Waals surface area contributed by atoms with Crippen molar-refractivity contribution in [2.75, 3.05) is 25.0 Å². The van der Waals surface area contributed by atoms with Gasteiger partial charge in [-0.05, 0) is 32.0 Å². The second kappa shape index (κ2) is 8.53. The minimum absolute atomic E-state index is 0.0433. The van der Waals surface area contributed by atoms with E-state index in [1.54, 1.807) is 0 Å². The van der Waals surface area contributed by atoms with Crippen LogP contribution in [-0.2, 0) is 4.79 Å². The summed E-state index contributed by atoms with van der Waals surface area (Å²) < 4.78 is 5.45. The molecular formula is C14H22N2O2. The summed E-state index contributed by atoms with van der Waals surface area (Å²) in [5.41, 5.74) is 0.724. The predicted molar refractivity (Wildman–Crippen MR) is 74.0 cm³/mol. The van der Waals surface area contributed by atoms with E-state index in [-0.39, 0.29) is 5.91 Å². The van der Waals surface area contributed by atoms with E-state index < -0.39 is 0 Å². The molecule has 0 aliphatic carbocycles. The lowest BCUT2D eigenvalue weighted by atomic mass is 10.3. The number of amides is 1. The van der Waals surface area contributed by atoms with E-state index >= 15 is 0 Å². The molecule has 1 rings (SSSR count). The highest BCUT2D eigenvalue weighted by Crippen LogP contribution is 2.23. The van der Waals surface area contributed by atoms with Crippen LogP contribution in [0.2, 0.25) is 0 Å². The predicted octanol–water partition coefficient (Wildman–Crippen LogP) is 2.41. The van der Waals surface area contributed by atoms with Crippen molar-refractivity contribution < 1.29 is 9.53 Å². The Kier molecular flexibility index (Phi) is 6.87. The molecule has 1 aromatic rings. The first-order valence-corrected chi connectivity index (χ1v) is 6.50. The zero-order valence-corrected chi connectivity index (χ0v) is 11.2. The number of carbonyl (C=O) groups is 1. The van der Waals surface area contributed by atoms with Crippen molar-refractivity contribution in [3.8, 4) is 5.75 Å².